The van der Waals surface area contributed by atoms with E-state index in [1.807, 2.05) is 19.9 Å². The molecular formula is C12H16BrNO. The fourth-order valence-corrected chi connectivity index (χ4v) is 2.70. The minimum absolute atomic E-state index is 0.0119. The van der Waals surface area contributed by atoms with E-state index < -0.39 is 0 Å². The quantitative estimate of drug-likeness (QED) is 0.868. The SMILES string of the molecule is Cc1c(Br)ccc(O)c1C1(C(C)N)CC1. The average molecular weight is 270 g/mol. The predicted octanol–water partition coefficient (Wildman–Crippen LogP) is 2.84. The highest BCUT2D eigenvalue weighted by Crippen LogP contribution is 2.54. The Morgan fingerprint density at radius 2 is 2.07 bits per heavy atom. The summed E-state index contributed by atoms with van der Waals surface area (Å²) in [7, 11) is 0. The Labute approximate surface area is 98.6 Å². The molecule has 2 nitrogen and oxygen atoms in total. The summed E-state index contributed by atoms with van der Waals surface area (Å²) in [6.07, 6.45) is 2.16. The number of phenolic OH excluding ortho intramolecular Hbond substituents is 1. The van der Waals surface area contributed by atoms with E-state index in [4.69, 9.17) is 5.73 Å². The van der Waals surface area contributed by atoms with E-state index in [9.17, 15) is 5.11 Å². The summed E-state index contributed by atoms with van der Waals surface area (Å²) < 4.78 is 1.04. The molecule has 1 aromatic rings. The summed E-state index contributed by atoms with van der Waals surface area (Å²) in [5, 5.41) is 9.96. The van der Waals surface area contributed by atoms with Gasteiger partial charge in [-0.05, 0) is 44.4 Å². The van der Waals surface area contributed by atoms with Crippen LogP contribution in [0.2, 0.25) is 0 Å². The topological polar surface area (TPSA) is 46.2 Å². The third-order valence-electron chi connectivity index (χ3n) is 3.54. The van der Waals surface area contributed by atoms with Gasteiger partial charge in [0.15, 0.2) is 0 Å². The summed E-state index contributed by atoms with van der Waals surface area (Å²) in [5.41, 5.74) is 8.19. The Morgan fingerprint density at radius 1 is 1.47 bits per heavy atom. The molecule has 15 heavy (non-hydrogen) atoms. The van der Waals surface area contributed by atoms with Gasteiger partial charge in [-0.3, -0.25) is 0 Å². The van der Waals surface area contributed by atoms with Gasteiger partial charge in [-0.25, -0.2) is 0 Å². The average Bonchev–Trinajstić information content (AvgIpc) is 2.93. The largest absolute Gasteiger partial charge is 0.508 e. The number of phenols is 1. The zero-order valence-electron chi connectivity index (χ0n) is 9.05. The van der Waals surface area contributed by atoms with Crippen molar-refractivity contribution in [1.29, 1.82) is 0 Å². The third-order valence-corrected chi connectivity index (χ3v) is 4.39. The molecule has 3 N–H and O–H groups in total. The van der Waals surface area contributed by atoms with Crippen LogP contribution in [0.1, 0.15) is 30.9 Å². The van der Waals surface area contributed by atoms with Crippen molar-refractivity contribution in [1.82, 2.24) is 0 Å². The molecule has 1 saturated carbocycles. The van der Waals surface area contributed by atoms with Crippen LogP contribution in [0.4, 0.5) is 0 Å². The van der Waals surface area contributed by atoms with Gasteiger partial charge in [-0.2, -0.15) is 0 Å². The molecule has 1 unspecified atom stereocenters. The first-order valence-electron chi connectivity index (χ1n) is 5.23. The second kappa shape index (κ2) is 3.49. The number of rotatable bonds is 2. The number of benzene rings is 1. The van der Waals surface area contributed by atoms with Gasteiger partial charge in [0.05, 0.1) is 0 Å². The Bertz CT molecular complexity index is 397. The van der Waals surface area contributed by atoms with Gasteiger partial charge in [0, 0.05) is 21.5 Å². The first kappa shape index (κ1) is 11.0. The molecule has 0 heterocycles. The molecule has 82 valence electrons. The highest BCUT2D eigenvalue weighted by molar-refractivity contribution is 9.10. The molecule has 0 spiro atoms. The van der Waals surface area contributed by atoms with Crippen molar-refractivity contribution in [3.05, 3.63) is 27.7 Å². The lowest BCUT2D eigenvalue weighted by molar-refractivity contribution is 0.445. The lowest BCUT2D eigenvalue weighted by Crippen LogP contribution is -2.32. The molecule has 0 aliphatic heterocycles. The molecule has 1 fully saturated rings. The molecule has 0 radical (unpaired) electrons. The Kier molecular flexibility index (Phi) is 2.55. The zero-order chi connectivity index (χ0) is 11.2. The third kappa shape index (κ3) is 1.58. The van der Waals surface area contributed by atoms with Gasteiger partial charge in [0.2, 0.25) is 0 Å². The van der Waals surface area contributed by atoms with Crippen LogP contribution in [0.25, 0.3) is 0 Å². The summed E-state index contributed by atoms with van der Waals surface area (Å²) in [6, 6.07) is 3.72. The van der Waals surface area contributed by atoms with Gasteiger partial charge in [-0.1, -0.05) is 15.9 Å². The van der Waals surface area contributed by atoms with Gasteiger partial charge in [0.1, 0.15) is 5.75 Å². The maximum absolute atomic E-state index is 9.96. The molecule has 3 heteroatoms. The maximum atomic E-state index is 9.96. The van der Waals surface area contributed by atoms with Crippen LogP contribution in [0.3, 0.4) is 0 Å². The van der Waals surface area contributed by atoms with E-state index in [1.165, 1.54) is 0 Å². The van der Waals surface area contributed by atoms with Crippen LogP contribution >= 0.6 is 15.9 Å². The van der Waals surface area contributed by atoms with Crippen LogP contribution < -0.4 is 5.73 Å². The molecule has 0 aromatic heterocycles. The molecule has 1 aliphatic rings. The van der Waals surface area contributed by atoms with Gasteiger partial charge < -0.3 is 10.8 Å². The van der Waals surface area contributed by atoms with Crippen molar-refractivity contribution in [2.45, 2.75) is 38.1 Å². The van der Waals surface area contributed by atoms with Crippen molar-refractivity contribution in [3.63, 3.8) is 0 Å². The minimum Gasteiger partial charge on any atom is -0.508 e. The predicted molar refractivity (Wildman–Crippen MR) is 65.1 cm³/mol. The number of nitrogens with two attached hydrogens (primary N) is 1. The summed E-state index contributed by atoms with van der Waals surface area (Å²) in [4.78, 5) is 0. The molecule has 0 amide bonds. The summed E-state index contributed by atoms with van der Waals surface area (Å²) in [5.74, 6) is 0.380. The van der Waals surface area contributed by atoms with Crippen LogP contribution in [0, 0.1) is 6.92 Å². The Morgan fingerprint density at radius 3 is 2.53 bits per heavy atom. The van der Waals surface area contributed by atoms with Crippen LogP contribution in [-0.2, 0) is 5.41 Å². The fraction of sp³-hybridized carbons (Fsp3) is 0.500. The van der Waals surface area contributed by atoms with E-state index in [0.29, 0.717) is 5.75 Å². The number of halogens is 1. The van der Waals surface area contributed by atoms with E-state index in [-0.39, 0.29) is 11.5 Å². The molecular weight excluding hydrogens is 254 g/mol. The standard InChI is InChI=1S/C12H16BrNO/c1-7-9(13)3-4-10(15)11(7)12(5-6-12)8(2)14/h3-4,8,15H,5-6,14H2,1-2H3. The van der Waals surface area contributed by atoms with Crippen molar-refractivity contribution >= 4 is 15.9 Å². The van der Waals surface area contributed by atoms with Crippen molar-refractivity contribution in [3.8, 4) is 5.75 Å². The molecule has 1 aliphatic carbocycles. The Balaban J connectivity index is 2.57. The van der Waals surface area contributed by atoms with Crippen LogP contribution in [-0.4, -0.2) is 11.1 Å². The number of hydrogen-bond acceptors (Lipinski definition) is 2. The lowest BCUT2D eigenvalue weighted by Gasteiger charge is -2.23. The second-order valence-corrected chi connectivity index (χ2v) is 5.37. The highest BCUT2D eigenvalue weighted by Gasteiger charge is 2.49. The van der Waals surface area contributed by atoms with Crippen molar-refractivity contribution < 1.29 is 5.11 Å². The van der Waals surface area contributed by atoms with Gasteiger partial charge >= 0.3 is 0 Å². The normalized spacial score (nSPS) is 20.0. The molecule has 0 bridgehead atoms. The smallest absolute Gasteiger partial charge is 0.119 e. The van der Waals surface area contributed by atoms with Gasteiger partial charge in [0.25, 0.3) is 0 Å². The first-order chi connectivity index (χ1) is 6.99. The maximum Gasteiger partial charge on any atom is 0.119 e. The van der Waals surface area contributed by atoms with Gasteiger partial charge in [-0.15, -0.1) is 0 Å². The second-order valence-electron chi connectivity index (χ2n) is 4.51. The molecule has 1 aromatic carbocycles. The highest BCUT2D eigenvalue weighted by atomic mass is 79.9. The zero-order valence-corrected chi connectivity index (χ0v) is 10.6. The molecule has 1 atom stereocenters. The number of aromatic hydroxyl groups is 1. The van der Waals surface area contributed by atoms with Crippen molar-refractivity contribution in [2.75, 3.05) is 0 Å². The minimum atomic E-state index is 0.0119. The van der Waals surface area contributed by atoms with Crippen molar-refractivity contribution in [2.24, 2.45) is 5.73 Å². The van der Waals surface area contributed by atoms with E-state index >= 15 is 0 Å². The summed E-state index contributed by atoms with van der Waals surface area (Å²) >= 11 is 3.50. The number of hydrogen-bond donors (Lipinski definition) is 2. The van der Waals surface area contributed by atoms with Crippen LogP contribution in [0.15, 0.2) is 16.6 Å². The van der Waals surface area contributed by atoms with Crippen LogP contribution in [0.5, 0.6) is 5.75 Å². The fourth-order valence-electron chi connectivity index (χ4n) is 2.37. The summed E-state index contributed by atoms with van der Waals surface area (Å²) in [6.45, 7) is 4.05. The first-order valence-corrected chi connectivity index (χ1v) is 6.02. The van der Waals surface area contributed by atoms with E-state index in [0.717, 1.165) is 28.4 Å². The monoisotopic (exact) mass is 269 g/mol. The Hall–Kier alpha value is -0.540. The van der Waals surface area contributed by atoms with E-state index in [1.54, 1.807) is 6.07 Å². The lowest BCUT2D eigenvalue weighted by atomic mass is 9.86. The molecule has 0 saturated heterocycles. The van der Waals surface area contributed by atoms with E-state index in [2.05, 4.69) is 15.9 Å². The molecule has 2 rings (SSSR count).